The van der Waals surface area contributed by atoms with Gasteiger partial charge in [-0.1, -0.05) is 30.3 Å². The molecule has 8 heteroatoms. The van der Waals surface area contributed by atoms with E-state index in [0.29, 0.717) is 41.7 Å². The number of hydrogen-bond acceptors (Lipinski definition) is 6. The smallest absolute Gasteiger partial charge is 0.274 e. The van der Waals surface area contributed by atoms with Crippen molar-refractivity contribution in [2.45, 2.75) is 12.8 Å². The number of rotatable bonds is 3. The Hall–Kier alpha value is -3.39. The molecule has 0 aliphatic carbocycles. The minimum atomic E-state index is -0.317. The molecule has 1 N–H and O–H groups in total. The zero-order valence-corrected chi connectivity index (χ0v) is 16.8. The molecule has 150 valence electrons. The molecule has 2 aromatic heterocycles. The first-order valence-corrected chi connectivity index (χ1v) is 10.6. The lowest BCUT2D eigenvalue weighted by molar-refractivity contribution is 0.0646. The molecule has 1 saturated heterocycles. The number of piperidine rings is 1. The number of benzene rings is 2. The van der Waals surface area contributed by atoms with E-state index in [1.165, 1.54) is 11.3 Å². The Bertz CT molecular complexity index is 1300. The van der Waals surface area contributed by atoms with E-state index in [0.717, 1.165) is 10.2 Å². The normalized spacial score (nSPS) is 15.0. The molecule has 4 aromatic rings. The Morgan fingerprint density at radius 2 is 1.70 bits per heavy atom. The average Bonchev–Trinajstić information content (AvgIpc) is 3.23. The number of aromatic amines is 1. The zero-order valence-electron chi connectivity index (χ0n) is 16.0. The van der Waals surface area contributed by atoms with Gasteiger partial charge in [0.05, 0.1) is 15.6 Å². The van der Waals surface area contributed by atoms with Crippen LogP contribution in [0, 0.1) is 5.92 Å². The molecular weight excluding hydrogens is 400 g/mol. The van der Waals surface area contributed by atoms with Crippen LogP contribution in [0.3, 0.4) is 0 Å². The van der Waals surface area contributed by atoms with Gasteiger partial charge in [0, 0.05) is 24.4 Å². The number of H-pyrrole nitrogens is 1. The number of ketones is 1. The largest absolute Gasteiger partial charge is 0.337 e. The van der Waals surface area contributed by atoms with Crippen molar-refractivity contribution in [3.05, 3.63) is 69.6 Å². The number of hydrogen-bond donors (Lipinski definition) is 1. The number of aromatic nitrogens is 3. The van der Waals surface area contributed by atoms with Gasteiger partial charge in [0.15, 0.2) is 16.5 Å². The summed E-state index contributed by atoms with van der Waals surface area (Å²) in [6.45, 7) is 0.935. The highest BCUT2D eigenvalue weighted by Crippen LogP contribution is 2.28. The average molecular weight is 418 g/mol. The molecule has 0 atom stereocenters. The molecule has 0 unspecified atom stereocenters. The van der Waals surface area contributed by atoms with Gasteiger partial charge in [-0.25, -0.2) is 10.1 Å². The van der Waals surface area contributed by atoms with Crippen LogP contribution in [-0.2, 0) is 0 Å². The van der Waals surface area contributed by atoms with Gasteiger partial charge in [-0.15, -0.1) is 11.3 Å². The van der Waals surface area contributed by atoms with Crippen molar-refractivity contribution in [3.8, 4) is 0 Å². The standard InChI is InChI=1S/C22H18N4O3S/c27-19(21-23-16-7-3-4-8-17(16)30-21)13-9-11-26(12-10-13)22(29)18-14-5-1-2-6-15(14)20(28)25-24-18/h1-8,13H,9-12H2,(H,25,28). The van der Waals surface area contributed by atoms with Crippen LogP contribution in [0.1, 0.15) is 33.1 Å². The molecule has 3 heterocycles. The fourth-order valence-corrected chi connectivity index (χ4v) is 4.91. The number of thiazole rings is 1. The molecule has 0 saturated carbocycles. The van der Waals surface area contributed by atoms with Crippen LogP contribution in [0.2, 0.25) is 0 Å². The van der Waals surface area contributed by atoms with Gasteiger partial charge in [-0.2, -0.15) is 5.10 Å². The first kappa shape index (κ1) is 18.6. The topological polar surface area (TPSA) is 96.0 Å². The molecule has 1 aliphatic heterocycles. The van der Waals surface area contributed by atoms with Gasteiger partial charge in [0.2, 0.25) is 0 Å². The van der Waals surface area contributed by atoms with Gasteiger partial charge < -0.3 is 4.90 Å². The second-order valence-electron chi connectivity index (χ2n) is 7.36. The highest BCUT2D eigenvalue weighted by atomic mass is 32.1. The van der Waals surface area contributed by atoms with E-state index in [4.69, 9.17) is 0 Å². The van der Waals surface area contributed by atoms with Crippen molar-refractivity contribution < 1.29 is 9.59 Å². The van der Waals surface area contributed by atoms with Crippen LogP contribution in [-0.4, -0.2) is 44.9 Å². The molecule has 0 bridgehead atoms. The van der Waals surface area contributed by atoms with E-state index < -0.39 is 0 Å². The lowest BCUT2D eigenvalue weighted by Gasteiger charge is -2.30. The number of likely N-dealkylation sites (tertiary alicyclic amines) is 1. The molecule has 30 heavy (non-hydrogen) atoms. The number of carbonyl (C=O) groups excluding carboxylic acids is 2. The van der Waals surface area contributed by atoms with Crippen LogP contribution >= 0.6 is 11.3 Å². The summed E-state index contributed by atoms with van der Waals surface area (Å²) in [5, 5.41) is 7.93. The van der Waals surface area contributed by atoms with E-state index in [9.17, 15) is 14.4 Å². The predicted octanol–water partition coefficient (Wildman–Crippen LogP) is 3.27. The Kier molecular flexibility index (Phi) is 4.63. The lowest BCUT2D eigenvalue weighted by Crippen LogP contribution is -2.41. The number of nitrogens with zero attached hydrogens (tertiary/aromatic N) is 3. The maximum atomic E-state index is 13.0. The second-order valence-corrected chi connectivity index (χ2v) is 8.40. The van der Waals surface area contributed by atoms with Gasteiger partial charge in [0.25, 0.3) is 11.5 Å². The number of Topliss-reactive ketones (excluding diaryl/α,β-unsaturated/α-hetero) is 1. The zero-order chi connectivity index (χ0) is 20.7. The minimum Gasteiger partial charge on any atom is -0.337 e. The molecule has 5 rings (SSSR count). The summed E-state index contributed by atoms with van der Waals surface area (Å²) in [7, 11) is 0. The number of carbonyl (C=O) groups is 2. The SMILES string of the molecule is O=C(c1nc2ccccc2s1)C1CCN(C(=O)c2n[nH]c(=O)c3ccccc23)CC1. The highest BCUT2D eigenvalue weighted by molar-refractivity contribution is 7.20. The summed E-state index contributed by atoms with van der Waals surface area (Å²) in [6.07, 6.45) is 1.17. The minimum absolute atomic E-state index is 0.0518. The van der Waals surface area contributed by atoms with E-state index >= 15 is 0 Å². The number of fused-ring (bicyclic) bond motifs is 2. The van der Waals surface area contributed by atoms with Crippen LogP contribution < -0.4 is 5.56 Å². The Morgan fingerprint density at radius 3 is 2.47 bits per heavy atom. The summed E-state index contributed by atoms with van der Waals surface area (Å²) in [5.74, 6) is -0.320. The Balaban J connectivity index is 1.32. The lowest BCUT2D eigenvalue weighted by atomic mass is 9.92. The van der Waals surface area contributed by atoms with Crippen molar-refractivity contribution in [2.75, 3.05) is 13.1 Å². The van der Waals surface area contributed by atoms with Crippen LogP contribution in [0.5, 0.6) is 0 Å². The number of nitrogens with one attached hydrogen (secondary N) is 1. The van der Waals surface area contributed by atoms with Gasteiger partial charge in [-0.3, -0.25) is 14.4 Å². The number of para-hydroxylation sites is 1. The molecule has 0 spiro atoms. The van der Waals surface area contributed by atoms with E-state index in [1.54, 1.807) is 29.2 Å². The van der Waals surface area contributed by atoms with Crippen LogP contribution in [0.25, 0.3) is 21.0 Å². The third kappa shape index (κ3) is 3.19. The number of amides is 1. The summed E-state index contributed by atoms with van der Waals surface area (Å²) in [6, 6.07) is 14.7. The van der Waals surface area contributed by atoms with Crippen molar-refractivity contribution in [2.24, 2.45) is 5.92 Å². The van der Waals surface area contributed by atoms with E-state index in [2.05, 4.69) is 15.2 Å². The van der Waals surface area contributed by atoms with Crippen LogP contribution in [0.4, 0.5) is 0 Å². The quantitative estimate of drug-likeness (QED) is 0.515. The van der Waals surface area contributed by atoms with Gasteiger partial charge in [0.1, 0.15) is 0 Å². The Labute approximate surface area is 175 Å². The maximum Gasteiger partial charge on any atom is 0.274 e. The third-order valence-electron chi connectivity index (χ3n) is 5.56. The van der Waals surface area contributed by atoms with Crippen molar-refractivity contribution in [1.29, 1.82) is 0 Å². The summed E-state index contributed by atoms with van der Waals surface area (Å²) in [5.41, 5.74) is 0.762. The highest BCUT2D eigenvalue weighted by Gasteiger charge is 2.31. The molecular formula is C22H18N4O3S. The summed E-state index contributed by atoms with van der Waals surface area (Å²) in [4.78, 5) is 44.1. The molecule has 2 aromatic carbocycles. The summed E-state index contributed by atoms with van der Waals surface area (Å²) < 4.78 is 1.00. The second kappa shape index (κ2) is 7.46. The fraction of sp³-hybridized carbons (Fsp3) is 0.227. The van der Waals surface area contributed by atoms with Gasteiger partial charge in [-0.05, 0) is 31.0 Å². The molecule has 1 fully saturated rings. The van der Waals surface area contributed by atoms with Crippen molar-refractivity contribution in [3.63, 3.8) is 0 Å². The van der Waals surface area contributed by atoms with Crippen LogP contribution in [0.15, 0.2) is 53.3 Å². The maximum absolute atomic E-state index is 13.0. The molecule has 1 aliphatic rings. The van der Waals surface area contributed by atoms with Gasteiger partial charge >= 0.3 is 0 Å². The third-order valence-corrected chi connectivity index (χ3v) is 6.61. The molecule has 0 radical (unpaired) electrons. The van der Waals surface area contributed by atoms with Crippen molar-refractivity contribution in [1.82, 2.24) is 20.1 Å². The summed E-state index contributed by atoms with van der Waals surface area (Å²) >= 11 is 1.42. The first-order valence-electron chi connectivity index (χ1n) is 9.78. The first-order chi connectivity index (χ1) is 14.6. The van der Waals surface area contributed by atoms with Crippen molar-refractivity contribution >= 4 is 44.0 Å². The molecule has 7 nitrogen and oxygen atoms in total. The molecule has 1 amide bonds. The monoisotopic (exact) mass is 418 g/mol. The fourth-order valence-electron chi connectivity index (χ4n) is 3.92. The predicted molar refractivity (Wildman–Crippen MR) is 115 cm³/mol. The van der Waals surface area contributed by atoms with E-state index in [-0.39, 0.29) is 28.9 Å². The van der Waals surface area contributed by atoms with E-state index in [1.807, 2.05) is 24.3 Å². The Morgan fingerprint density at radius 1 is 1.00 bits per heavy atom.